The minimum atomic E-state index is -0.176. The average molecular weight is 262 g/mol. The van der Waals surface area contributed by atoms with E-state index in [-0.39, 0.29) is 18.6 Å². The van der Waals surface area contributed by atoms with Crippen molar-refractivity contribution in [3.63, 3.8) is 0 Å². The van der Waals surface area contributed by atoms with E-state index in [4.69, 9.17) is 9.84 Å². The van der Waals surface area contributed by atoms with Crippen LogP contribution in [0.25, 0.3) is 10.9 Å². The topological polar surface area (TPSA) is 74.3 Å². The number of carbonyl (C=O) groups is 1. The molecule has 3 N–H and O–H groups in total. The molecule has 0 spiro atoms. The van der Waals surface area contributed by atoms with E-state index in [1.54, 1.807) is 13.2 Å². The Labute approximate surface area is 111 Å². The van der Waals surface area contributed by atoms with Gasteiger partial charge >= 0.3 is 0 Å². The Bertz CT molecular complexity index is 544. The van der Waals surface area contributed by atoms with Crippen molar-refractivity contribution in [3.8, 4) is 0 Å². The van der Waals surface area contributed by atoms with Gasteiger partial charge in [-0.2, -0.15) is 0 Å². The van der Waals surface area contributed by atoms with Crippen LogP contribution in [0.4, 0.5) is 0 Å². The maximum atomic E-state index is 12.1. The zero-order valence-corrected chi connectivity index (χ0v) is 10.8. The monoisotopic (exact) mass is 262 g/mol. The van der Waals surface area contributed by atoms with Gasteiger partial charge in [0, 0.05) is 36.4 Å². The molecule has 102 valence electrons. The van der Waals surface area contributed by atoms with Gasteiger partial charge in [-0.1, -0.05) is 0 Å². The molecular formula is C14H18N2O3. The summed E-state index contributed by atoms with van der Waals surface area (Å²) in [7, 11) is 1.57. The van der Waals surface area contributed by atoms with Crippen molar-refractivity contribution in [1.29, 1.82) is 0 Å². The molecule has 0 saturated heterocycles. The molecule has 0 radical (unpaired) electrons. The lowest BCUT2D eigenvalue weighted by Crippen LogP contribution is -2.38. The number of fused-ring (bicyclic) bond motifs is 1. The maximum Gasteiger partial charge on any atom is 0.251 e. The van der Waals surface area contributed by atoms with Crippen LogP contribution in [-0.4, -0.2) is 42.4 Å². The maximum absolute atomic E-state index is 12.1. The van der Waals surface area contributed by atoms with E-state index >= 15 is 0 Å². The summed E-state index contributed by atoms with van der Waals surface area (Å²) in [4.78, 5) is 15.2. The molecule has 0 aliphatic heterocycles. The SMILES string of the molecule is COCC(CCO)NC(=O)c1ccc2[nH]ccc2c1. The molecule has 2 aromatic rings. The van der Waals surface area contributed by atoms with Crippen LogP contribution in [0.1, 0.15) is 16.8 Å². The van der Waals surface area contributed by atoms with Gasteiger partial charge in [-0.05, 0) is 30.7 Å². The molecule has 1 atom stereocenters. The number of aromatic amines is 1. The Kier molecular flexibility index (Phi) is 4.54. The zero-order chi connectivity index (χ0) is 13.7. The summed E-state index contributed by atoms with van der Waals surface area (Å²) in [5.74, 6) is -0.154. The molecule has 1 unspecified atom stereocenters. The van der Waals surface area contributed by atoms with Crippen LogP contribution in [0.5, 0.6) is 0 Å². The van der Waals surface area contributed by atoms with Gasteiger partial charge in [-0.3, -0.25) is 4.79 Å². The molecular weight excluding hydrogens is 244 g/mol. The van der Waals surface area contributed by atoms with E-state index in [1.165, 1.54) is 0 Å². The van der Waals surface area contributed by atoms with Crippen molar-refractivity contribution < 1.29 is 14.6 Å². The molecule has 1 heterocycles. The highest BCUT2D eigenvalue weighted by atomic mass is 16.5. The normalized spacial score (nSPS) is 12.5. The summed E-state index contributed by atoms with van der Waals surface area (Å²) < 4.78 is 5.02. The number of amides is 1. The first kappa shape index (κ1) is 13.6. The molecule has 1 aromatic heterocycles. The van der Waals surface area contributed by atoms with Gasteiger partial charge in [0.25, 0.3) is 5.91 Å². The lowest BCUT2D eigenvalue weighted by molar-refractivity contribution is 0.0879. The van der Waals surface area contributed by atoms with Crippen LogP contribution in [0.2, 0.25) is 0 Å². The van der Waals surface area contributed by atoms with Gasteiger partial charge in [0.05, 0.1) is 12.6 Å². The van der Waals surface area contributed by atoms with E-state index in [0.717, 1.165) is 10.9 Å². The molecule has 0 fully saturated rings. The third-order valence-electron chi connectivity index (χ3n) is 3.00. The van der Waals surface area contributed by atoms with Gasteiger partial charge in [0.2, 0.25) is 0 Å². The first-order valence-electron chi connectivity index (χ1n) is 6.22. The minimum Gasteiger partial charge on any atom is -0.396 e. The average Bonchev–Trinajstić information content (AvgIpc) is 2.86. The number of hydrogen-bond donors (Lipinski definition) is 3. The second kappa shape index (κ2) is 6.36. The fraction of sp³-hybridized carbons (Fsp3) is 0.357. The summed E-state index contributed by atoms with van der Waals surface area (Å²) in [5, 5.41) is 12.8. The molecule has 5 nitrogen and oxygen atoms in total. The van der Waals surface area contributed by atoms with Crippen molar-refractivity contribution >= 4 is 16.8 Å². The van der Waals surface area contributed by atoms with E-state index in [2.05, 4.69) is 10.3 Å². The number of benzene rings is 1. The van der Waals surface area contributed by atoms with Crippen LogP contribution in [-0.2, 0) is 4.74 Å². The molecule has 0 bridgehead atoms. The fourth-order valence-corrected chi connectivity index (χ4v) is 2.02. The number of carbonyl (C=O) groups excluding carboxylic acids is 1. The minimum absolute atomic E-state index is 0.0190. The van der Waals surface area contributed by atoms with Crippen molar-refractivity contribution in [2.75, 3.05) is 20.3 Å². The van der Waals surface area contributed by atoms with Crippen molar-refractivity contribution in [3.05, 3.63) is 36.0 Å². The quantitative estimate of drug-likeness (QED) is 0.734. The van der Waals surface area contributed by atoms with Crippen LogP contribution in [0, 0.1) is 0 Å². The highest BCUT2D eigenvalue weighted by molar-refractivity contribution is 5.98. The number of rotatable bonds is 6. The van der Waals surface area contributed by atoms with Gasteiger partial charge in [0.1, 0.15) is 0 Å². The third-order valence-corrected chi connectivity index (χ3v) is 3.00. The lowest BCUT2D eigenvalue weighted by Gasteiger charge is -2.16. The van der Waals surface area contributed by atoms with Gasteiger partial charge in [-0.15, -0.1) is 0 Å². The second-order valence-electron chi connectivity index (χ2n) is 4.42. The smallest absolute Gasteiger partial charge is 0.251 e. The number of H-pyrrole nitrogens is 1. The Morgan fingerprint density at radius 2 is 2.32 bits per heavy atom. The van der Waals surface area contributed by atoms with E-state index in [1.807, 2.05) is 24.4 Å². The Hall–Kier alpha value is -1.85. The Morgan fingerprint density at radius 1 is 1.47 bits per heavy atom. The number of aliphatic hydroxyl groups excluding tert-OH is 1. The summed E-state index contributed by atoms with van der Waals surface area (Å²) in [6.07, 6.45) is 2.32. The van der Waals surface area contributed by atoms with E-state index < -0.39 is 0 Å². The van der Waals surface area contributed by atoms with Crippen molar-refractivity contribution in [2.45, 2.75) is 12.5 Å². The predicted octanol–water partition coefficient (Wildman–Crippen LogP) is 1.30. The van der Waals surface area contributed by atoms with Crippen molar-refractivity contribution in [2.24, 2.45) is 0 Å². The van der Waals surface area contributed by atoms with Crippen LogP contribution in [0.3, 0.4) is 0 Å². The third kappa shape index (κ3) is 3.33. The lowest BCUT2D eigenvalue weighted by atomic mass is 10.1. The first-order valence-corrected chi connectivity index (χ1v) is 6.22. The highest BCUT2D eigenvalue weighted by Crippen LogP contribution is 2.14. The molecule has 1 aromatic carbocycles. The predicted molar refractivity (Wildman–Crippen MR) is 73.1 cm³/mol. The zero-order valence-electron chi connectivity index (χ0n) is 10.8. The summed E-state index contributed by atoms with van der Waals surface area (Å²) in [6, 6.07) is 7.24. The number of ether oxygens (including phenoxy) is 1. The molecule has 0 aliphatic carbocycles. The highest BCUT2D eigenvalue weighted by Gasteiger charge is 2.13. The Morgan fingerprint density at radius 3 is 3.05 bits per heavy atom. The van der Waals surface area contributed by atoms with Crippen LogP contribution >= 0.6 is 0 Å². The summed E-state index contributed by atoms with van der Waals surface area (Å²) in [5.41, 5.74) is 1.60. The molecule has 19 heavy (non-hydrogen) atoms. The van der Waals surface area contributed by atoms with Gasteiger partial charge in [-0.25, -0.2) is 0 Å². The number of aliphatic hydroxyl groups is 1. The van der Waals surface area contributed by atoms with Gasteiger partial charge in [0.15, 0.2) is 0 Å². The van der Waals surface area contributed by atoms with Crippen LogP contribution < -0.4 is 5.32 Å². The Balaban J connectivity index is 2.09. The molecule has 2 rings (SSSR count). The number of nitrogens with one attached hydrogen (secondary N) is 2. The van der Waals surface area contributed by atoms with E-state index in [9.17, 15) is 4.79 Å². The summed E-state index contributed by atoms with van der Waals surface area (Å²) in [6.45, 7) is 0.407. The molecule has 0 aliphatic rings. The molecule has 5 heteroatoms. The van der Waals surface area contributed by atoms with Crippen LogP contribution in [0.15, 0.2) is 30.5 Å². The first-order chi connectivity index (χ1) is 9.24. The van der Waals surface area contributed by atoms with E-state index in [0.29, 0.717) is 18.6 Å². The molecule has 1 amide bonds. The standard InChI is InChI=1S/C14H18N2O3/c1-19-9-12(5-7-17)16-14(18)11-2-3-13-10(8-11)4-6-15-13/h2-4,6,8,12,15,17H,5,7,9H2,1H3,(H,16,18). The number of hydrogen-bond acceptors (Lipinski definition) is 3. The second-order valence-corrected chi connectivity index (χ2v) is 4.42. The largest absolute Gasteiger partial charge is 0.396 e. The number of aromatic nitrogens is 1. The van der Waals surface area contributed by atoms with Gasteiger partial charge < -0.3 is 20.1 Å². The number of methoxy groups -OCH3 is 1. The summed E-state index contributed by atoms with van der Waals surface area (Å²) >= 11 is 0. The van der Waals surface area contributed by atoms with Crippen molar-refractivity contribution in [1.82, 2.24) is 10.3 Å². The molecule has 0 saturated carbocycles. The fourth-order valence-electron chi connectivity index (χ4n) is 2.02.